The standard InChI is InChI=1S/C20H22N2O2/c1-24-10-9-21-12-13-5-4-8-15-17(13)11-18-14-6-2-3-7-16(14)20(23)22-19(15)18/h5,21H,2-3,6-7,9-12H2,1H3,(H,22,23). The van der Waals surface area contributed by atoms with E-state index in [0.717, 1.165) is 55.6 Å². The largest absolute Gasteiger partial charge is 0.383 e. The summed E-state index contributed by atoms with van der Waals surface area (Å²) in [6.07, 6.45) is 5.14. The van der Waals surface area contributed by atoms with Crippen molar-refractivity contribution in [2.45, 2.75) is 38.6 Å². The molecule has 4 nitrogen and oxygen atoms in total. The third kappa shape index (κ3) is 2.54. The first-order valence-corrected chi connectivity index (χ1v) is 8.70. The fraction of sp³-hybridized carbons (Fsp3) is 0.450. The van der Waals surface area contributed by atoms with Crippen LogP contribution in [0.1, 0.15) is 40.7 Å². The summed E-state index contributed by atoms with van der Waals surface area (Å²) in [6, 6.07) is 8.37. The maximum Gasteiger partial charge on any atom is 0.251 e. The lowest BCUT2D eigenvalue weighted by Crippen LogP contribution is -2.21. The summed E-state index contributed by atoms with van der Waals surface area (Å²) >= 11 is 0. The molecule has 1 aromatic heterocycles. The van der Waals surface area contributed by atoms with Crippen molar-refractivity contribution >= 4 is 0 Å². The lowest BCUT2D eigenvalue weighted by molar-refractivity contribution is 0.199. The molecule has 4 heteroatoms. The van der Waals surface area contributed by atoms with Crippen molar-refractivity contribution in [3.8, 4) is 11.3 Å². The van der Waals surface area contributed by atoms with Gasteiger partial charge in [0.15, 0.2) is 0 Å². The van der Waals surface area contributed by atoms with Crippen molar-refractivity contribution in [3.05, 3.63) is 56.4 Å². The molecule has 1 aromatic carbocycles. The van der Waals surface area contributed by atoms with E-state index in [1.54, 1.807) is 7.11 Å². The minimum absolute atomic E-state index is 0.0910. The van der Waals surface area contributed by atoms with Crippen LogP contribution < -0.4 is 10.9 Å². The normalized spacial score (nSPS) is 14.7. The number of aromatic nitrogens is 1. The van der Waals surface area contributed by atoms with Crippen LogP contribution in [0, 0.1) is 12.1 Å². The van der Waals surface area contributed by atoms with E-state index in [4.69, 9.17) is 4.74 Å². The van der Waals surface area contributed by atoms with Gasteiger partial charge >= 0.3 is 0 Å². The number of pyridine rings is 1. The molecule has 24 heavy (non-hydrogen) atoms. The molecule has 0 amide bonds. The summed E-state index contributed by atoms with van der Waals surface area (Å²) in [5.41, 5.74) is 8.23. The Kier molecular flexibility index (Phi) is 4.13. The molecular formula is C20H22N2O2. The monoisotopic (exact) mass is 322 g/mol. The zero-order valence-electron chi connectivity index (χ0n) is 14.1. The first-order chi connectivity index (χ1) is 11.8. The zero-order chi connectivity index (χ0) is 16.5. The Hall–Kier alpha value is -2.09. The van der Waals surface area contributed by atoms with Crippen molar-refractivity contribution in [1.82, 2.24) is 10.3 Å². The molecule has 2 aliphatic rings. The smallest absolute Gasteiger partial charge is 0.251 e. The van der Waals surface area contributed by atoms with Crippen molar-refractivity contribution in [2.24, 2.45) is 0 Å². The summed E-state index contributed by atoms with van der Waals surface area (Å²) in [5, 5.41) is 3.40. The molecule has 0 spiro atoms. The third-order valence-corrected chi connectivity index (χ3v) is 5.18. The highest BCUT2D eigenvalue weighted by molar-refractivity contribution is 5.75. The summed E-state index contributed by atoms with van der Waals surface area (Å²) < 4.78 is 5.08. The first kappa shape index (κ1) is 15.4. The van der Waals surface area contributed by atoms with E-state index in [9.17, 15) is 4.79 Å². The first-order valence-electron chi connectivity index (χ1n) is 8.70. The Balaban J connectivity index is 1.70. The third-order valence-electron chi connectivity index (χ3n) is 5.18. The number of hydrogen-bond donors (Lipinski definition) is 2. The number of H-pyrrole nitrogens is 1. The highest BCUT2D eigenvalue weighted by atomic mass is 16.5. The second-order valence-electron chi connectivity index (χ2n) is 6.61. The van der Waals surface area contributed by atoms with Crippen LogP contribution in [0.4, 0.5) is 0 Å². The van der Waals surface area contributed by atoms with Crippen LogP contribution in [0.2, 0.25) is 0 Å². The summed E-state index contributed by atoms with van der Waals surface area (Å²) in [4.78, 5) is 15.6. The molecule has 0 fully saturated rings. The van der Waals surface area contributed by atoms with Gasteiger partial charge in [-0.1, -0.05) is 12.1 Å². The maximum absolute atomic E-state index is 12.5. The van der Waals surface area contributed by atoms with Gasteiger partial charge in [0, 0.05) is 32.2 Å². The molecule has 1 heterocycles. The minimum Gasteiger partial charge on any atom is -0.383 e. The van der Waals surface area contributed by atoms with Crippen LogP contribution in [-0.2, 0) is 30.5 Å². The van der Waals surface area contributed by atoms with Gasteiger partial charge in [0.25, 0.3) is 5.56 Å². The number of nitrogens with one attached hydrogen (secondary N) is 2. The highest BCUT2D eigenvalue weighted by Crippen LogP contribution is 2.38. The Morgan fingerprint density at radius 3 is 2.88 bits per heavy atom. The van der Waals surface area contributed by atoms with Crippen molar-refractivity contribution in [2.75, 3.05) is 20.3 Å². The quantitative estimate of drug-likeness (QED) is 0.708. The number of rotatable bonds is 5. The minimum atomic E-state index is 0.0910. The van der Waals surface area contributed by atoms with E-state index in [-0.39, 0.29) is 5.56 Å². The number of ether oxygens (including phenoxy) is 1. The molecule has 0 radical (unpaired) electrons. The van der Waals surface area contributed by atoms with Gasteiger partial charge in [-0.3, -0.25) is 4.79 Å². The second kappa shape index (κ2) is 6.43. The lowest BCUT2D eigenvalue weighted by atomic mass is 9.88. The van der Waals surface area contributed by atoms with Crippen molar-refractivity contribution < 1.29 is 4.74 Å². The lowest BCUT2D eigenvalue weighted by Gasteiger charge is -2.18. The fourth-order valence-electron chi connectivity index (χ4n) is 3.98. The van der Waals surface area contributed by atoms with Gasteiger partial charge in [0.1, 0.15) is 0 Å². The van der Waals surface area contributed by atoms with E-state index in [1.807, 2.05) is 6.07 Å². The van der Waals surface area contributed by atoms with Crippen molar-refractivity contribution in [1.29, 1.82) is 0 Å². The molecule has 0 unspecified atom stereocenters. The summed E-state index contributed by atoms with van der Waals surface area (Å²) in [6.45, 7) is 2.31. The van der Waals surface area contributed by atoms with Gasteiger partial charge in [0.2, 0.25) is 0 Å². The Morgan fingerprint density at radius 1 is 1.21 bits per heavy atom. The van der Waals surface area contributed by atoms with Crippen LogP contribution in [0.25, 0.3) is 11.3 Å². The highest BCUT2D eigenvalue weighted by Gasteiger charge is 2.28. The fourth-order valence-corrected chi connectivity index (χ4v) is 3.98. The van der Waals surface area contributed by atoms with Crippen molar-refractivity contribution in [3.63, 3.8) is 0 Å². The van der Waals surface area contributed by atoms with Crippen LogP contribution in [0.15, 0.2) is 10.9 Å². The van der Waals surface area contributed by atoms with Gasteiger partial charge in [-0.2, -0.15) is 0 Å². The van der Waals surface area contributed by atoms with Crippen LogP contribution in [-0.4, -0.2) is 25.2 Å². The van der Waals surface area contributed by atoms with Gasteiger partial charge in [0.05, 0.1) is 17.9 Å². The van der Waals surface area contributed by atoms with Gasteiger partial charge in [-0.15, -0.1) is 0 Å². The predicted octanol–water partition coefficient (Wildman–Crippen LogP) is 2.16. The number of hydrogen-bond acceptors (Lipinski definition) is 3. The van der Waals surface area contributed by atoms with E-state index >= 15 is 0 Å². The molecule has 4 rings (SSSR count). The van der Waals surface area contributed by atoms with Crippen LogP contribution in [0.5, 0.6) is 0 Å². The van der Waals surface area contributed by atoms with Crippen LogP contribution >= 0.6 is 0 Å². The van der Waals surface area contributed by atoms with Gasteiger partial charge < -0.3 is 15.0 Å². The molecule has 2 aliphatic carbocycles. The molecule has 0 saturated heterocycles. The number of methoxy groups -OCH3 is 1. The molecule has 0 bridgehead atoms. The number of aromatic amines is 1. The average molecular weight is 322 g/mol. The van der Waals surface area contributed by atoms with E-state index in [1.165, 1.54) is 28.7 Å². The topological polar surface area (TPSA) is 54.1 Å². The molecule has 2 N–H and O–H groups in total. The Labute approximate surface area is 142 Å². The molecule has 0 saturated carbocycles. The second-order valence-corrected chi connectivity index (χ2v) is 6.61. The summed E-state index contributed by atoms with van der Waals surface area (Å²) in [5.74, 6) is 0. The molecule has 0 aliphatic heterocycles. The maximum atomic E-state index is 12.5. The van der Waals surface area contributed by atoms with Crippen LogP contribution in [0.3, 0.4) is 0 Å². The Bertz CT molecular complexity index is 823. The molecular weight excluding hydrogens is 300 g/mol. The van der Waals surface area contributed by atoms with E-state index < -0.39 is 0 Å². The van der Waals surface area contributed by atoms with Gasteiger partial charge in [-0.05, 0) is 54.0 Å². The SMILES string of the molecule is COCCNCc1cc#cc2c1Cc1c-2[nH]c(=O)c2c1CCCC2. The van der Waals surface area contributed by atoms with Gasteiger partial charge in [-0.25, -0.2) is 0 Å². The molecule has 124 valence electrons. The molecule has 2 aromatic rings. The number of fused-ring (bicyclic) bond motifs is 5. The average Bonchev–Trinajstić information content (AvgIpc) is 2.99. The van der Waals surface area contributed by atoms with E-state index in [2.05, 4.69) is 22.4 Å². The van der Waals surface area contributed by atoms with E-state index in [0.29, 0.717) is 6.61 Å². The molecule has 0 atom stereocenters. The summed E-state index contributed by atoms with van der Waals surface area (Å²) in [7, 11) is 1.71. The zero-order valence-corrected chi connectivity index (χ0v) is 14.1. The predicted molar refractivity (Wildman–Crippen MR) is 93.2 cm³/mol. The Morgan fingerprint density at radius 2 is 2.04 bits per heavy atom.